The third kappa shape index (κ3) is 2.89. The van der Waals surface area contributed by atoms with Gasteiger partial charge in [0.05, 0.1) is 13.2 Å². The summed E-state index contributed by atoms with van der Waals surface area (Å²) in [5, 5.41) is 0.494. The number of hydrogen-bond donors (Lipinski definition) is 0. The summed E-state index contributed by atoms with van der Waals surface area (Å²) >= 11 is 5.90. The first-order chi connectivity index (χ1) is 7.45. The first-order valence-corrected chi connectivity index (χ1v) is 5.38. The van der Waals surface area contributed by atoms with Crippen LogP contribution in [0.1, 0.15) is 29.8 Å². The molecule has 0 N–H and O–H groups in total. The van der Waals surface area contributed by atoms with Crippen molar-refractivity contribution in [1.82, 2.24) is 0 Å². The standard InChI is InChI=1S/C12H15ClO3/c1-7(2)16-11-8(3)5-9(13)6-10(11)12(14)15-4/h5-7H,1-4H3. The fourth-order valence-corrected chi connectivity index (χ4v) is 1.66. The molecule has 4 heteroatoms. The highest BCUT2D eigenvalue weighted by Crippen LogP contribution is 2.29. The molecular formula is C12H15ClO3. The van der Waals surface area contributed by atoms with Crippen LogP contribution in [0.5, 0.6) is 5.75 Å². The van der Waals surface area contributed by atoms with E-state index in [2.05, 4.69) is 0 Å². The zero-order valence-electron chi connectivity index (χ0n) is 9.83. The van der Waals surface area contributed by atoms with Gasteiger partial charge in [-0.25, -0.2) is 4.79 Å². The van der Waals surface area contributed by atoms with Crippen LogP contribution in [0.15, 0.2) is 12.1 Å². The van der Waals surface area contributed by atoms with Crippen molar-refractivity contribution in [2.45, 2.75) is 26.9 Å². The second-order valence-electron chi connectivity index (χ2n) is 3.76. The van der Waals surface area contributed by atoms with E-state index in [9.17, 15) is 4.79 Å². The fourth-order valence-electron chi connectivity index (χ4n) is 1.38. The Bertz CT molecular complexity index is 399. The molecular weight excluding hydrogens is 228 g/mol. The van der Waals surface area contributed by atoms with E-state index in [1.165, 1.54) is 7.11 Å². The van der Waals surface area contributed by atoms with Gasteiger partial charge in [0.2, 0.25) is 0 Å². The molecule has 0 bridgehead atoms. The molecule has 0 saturated heterocycles. The first kappa shape index (κ1) is 12.8. The van der Waals surface area contributed by atoms with Crippen molar-refractivity contribution in [3.63, 3.8) is 0 Å². The Balaban J connectivity index is 3.26. The topological polar surface area (TPSA) is 35.5 Å². The second-order valence-corrected chi connectivity index (χ2v) is 4.19. The van der Waals surface area contributed by atoms with Crippen molar-refractivity contribution >= 4 is 17.6 Å². The number of carbonyl (C=O) groups is 1. The highest BCUT2D eigenvalue weighted by molar-refractivity contribution is 6.31. The predicted octanol–water partition coefficient (Wildman–Crippen LogP) is 3.22. The summed E-state index contributed by atoms with van der Waals surface area (Å²) in [5.41, 5.74) is 1.18. The Kier molecular flexibility index (Phi) is 4.19. The van der Waals surface area contributed by atoms with Gasteiger partial charge in [-0.3, -0.25) is 0 Å². The number of hydrogen-bond acceptors (Lipinski definition) is 3. The third-order valence-electron chi connectivity index (χ3n) is 2.00. The van der Waals surface area contributed by atoms with Crippen molar-refractivity contribution in [2.24, 2.45) is 0 Å². The summed E-state index contributed by atoms with van der Waals surface area (Å²) in [7, 11) is 1.33. The van der Waals surface area contributed by atoms with Crippen molar-refractivity contribution in [1.29, 1.82) is 0 Å². The zero-order valence-corrected chi connectivity index (χ0v) is 10.6. The molecule has 0 unspecified atom stereocenters. The summed E-state index contributed by atoms with van der Waals surface area (Å²) < 4.78 is 10.3. The number of rotatable bonds is 3. The van der Waals surface area contributed by atoms with Gasteiger partial charge in [-0.1, -0.05) is 11.6 Å². The van der Waals surface area contributed by atoms with Gasteiger partial charge in [0.25, 0.3) is 0 Å². The van der Waals surface area contributed by atoms with Gasteiger partial charge in [0.15, 0.2) is 0 Å². The molecule has 0 atom stereocenters. The van der Waals surface area contributed by atoms with Crippen molar-refractivity contribution in [3.05, 3.63) is 28.3 Å². The predicted molar refractivity (Wildman–Crippen MR) is 63.3 cm³/mol. The number of methoxy groups -OCH3 is 1. The molecule has 0 amide bonds. The lowest BCUT2D eigenvalue weighted by atomic mass is 10.1. The van der Waals surface area contributed by atoms with E-state index in [0.29, 0.717) is 16.3 Å². The van der Waals surface area contributed by atoms with Crippen LogP contribution in [0.3, 0.4) is 0 Å². The van der Waals surface area contributed by atoms with Gasteiger partial charge in [0, 0.05) is 5.02 Å². The molecule has 0 saturated carbocycles. The highest BCUT2D eigenvalue weighted by Gasteiger charge is 2.17. The van der Waals surface area contributed by atoms with E-state index in [-0.39, 0.29) is 6.10 Å². The Morgan fingerprint density at radius 2 is 2.00 bits per heavy atom. The summed E-state index contributed by atoms with van der Waals surface area (Å²) in [5.74, 6) is 0.0903. The Labute approximate surface area is 100 Å². The van der Waals surface area contributed by atoms with Crippen LogP contribution in [0.4, 0.5) is 0 Å². The number of carbonyl (C=O) groups excluding carboxylic acids is 1. The SMILES string of the molecule is COC(=O)c1cc(Cl)cc(C)c1OC(C)C. The smallest absolute Gasteiger partial charge is 0.341 e. The lowest BCUT2D eigenvalue weighted by Gasteiger charge is -2.16. The van der Waals surface area contributed by atoms with Crippen LogP contribution < -0.4 is 4.74 Å². The maximum Gasteiger partial charge on any atom is 0.341 e. The molecule has 1 aromatic rings. The normalized spacial score (nSPS) is 10.4. The molecule has 16 heavy (non-hydrogen) atoms. The minimum atomic E-state index is -0.443. The number of benzene rings is 1. The van der Waals surface area contributed by atoms with Crippen LogP contribution in [-0.2, 0) is 4.74 Å². The molecule has 1 aromatic carbocycles. The van der Waals surface area contributed by atoms with E-state index in [4.69, 9.17) is 21.1 Å². The van der Waals surface area contributed by atoms with Crippen molar-refractivity contribution in [3.8, 4) is 5.75 Å². The lowest BCUT2D eigenvalue weighted by Crippen LogP contribution is -2.12. The molecule has 0 aliphatic carbocycles. The van der Waals surface area contributed by atoms with Crippen LogP contribution in [-0.4, -0.2) is 19.2 Å². The van der Waals surface area contributed by atoms with E-state index in [1.807, 2.05) is 20.8 Å². The molecule has 88 valence electrons. The molecule has 1 rings (SSSR count). The van der Waals surface area contributed by atoms with Crippen molar-refractivity contribution < 1.29 is 14.3 Å². The summed E-state index contributed by atoms with van der Waals surface area (Å²) in [4.78, 5) is 11.6. The third-order valence-corrected chi connectivity index (χ3v) is 2.22. The maximum atomic E-state index is 11.6. The van der Waals surface area contributed by atoms with Crippen LogP contribution in [0.25, 0.3) is 0 Å². The van der Waals surface area contributed by atoms with Crippen LogP contribution in [0.2, 0.25) is 5.02 Å². The molecule has 0 radical (unpaired) electrons. The molecule has 0 fully saturated rings. The lowest BCUT2D eigenvalue weighted by molar-refractivity contribution is 0.0594. The van der Waals surface area contributed by atoms with Gasteiger partial charge in [-0.05, 0) is 38.5 Å². The van der Waals surface area contributed by atoms with Crippen molar-refractivity contribution in [2.75, 3.05) is 7.11 Å². The zero-order chi connectivity index (χ0) is 12.3. The Morgan fingerprint density at radius 3 is 2.50 bits per heavy atom. The van der Waals surface area contributed by atoms with Gasteiger partial charge < -0.3 is 9.47 Å². The van der Waals surface area contributed by atoms with E-state index in [1.54, 1.807) is 12.1 Å². The summed E-state index contributed by atoms with van der Waals surface area (Å²) in [6, 6.07) is 3.31. The molecule has 0 heterocycles. The Hall–Kier alpha value is -1.22. The Morgan fingerprint density at radius 1 is 1.38 bits per heavy atom. The van der Waals surface area contributed by atoms with E-state index < -0.39 is 5.97 Å². The number of esters is 1. The largest absolute Gasteiger partial charge is 0.490 e. The maximum absolute atomic E-state index is 11.6. The molecule has 0 aromatic heterocycles. The van der Waals surface area contributed by atoms with Gasteiger partial charge in [-0.15, -0.1) is 0 Å². The molecule has 3 nitrogen and oxygen atoms in total. The van der Waals surface area contributed by atoms with Crippen LogP contribution in [0, 0.1) is 6.92 Å². The summed E-state index contributed by atoms with van der Waals surface area (Å²) in [6.45, 7) is 5.64. The first-order valence-electron chi connectivity index (χ1n) is 5.00. The monoisotopic (exact) mass is 242 g/mol. The number of halogens is 1. The molecule has 0 aliphatic heterocycles. The van der Waals surface area contributed by atoms with Crippen LogP contribution >= 0.6 is 11.6 Å². The number of aryl methyl sites for hydroxylation is 1. The minimum absolute atomic E-state index is 0.0109. The minimum Gasteiger partial charge on any atom is -0.490 e. The number of ether oxygens (including phenoxy) is 2. The summed E-state index contributed by atoms with van der Waals surface area (Å²) in [6.07, 6.45) is -0.0109. The fraction of sp³-hybridized carbons (Fsp3) is 0.417. The van der Waals surface area contributed by atoms with Gasteiger partial charge in [0.1, 0.15) is 11.3 Å². The molecule has 0 spiro atoms. The second kappa shape index (κ2) is 5.21. The van der Waals surface area contributed by atoms with Gasteiger partial charge >= 0.3 is 5.97 Å². The quantitative estimate of drug-likeness (QED) is 0.764. The van der Waals surface area contributed by atoms with E-state index >= 15 is 0 Å². The van der Waals surface area contributed by atoms with E-state index in [0.717, 1.165) is 5.56 Å². The van der Waals surface area contributed by atoms with Gasteiger partial charge in [-0.2, -0.15) is 0 Å². The average molecular weight is 243 g/mol. The highest BCUT2D eigenvalue weighted by atomic mass is 35.5. The molecule has 0 aliphatic rings. The average Bonchev–Trinajstić information content (AvgIpc) is 2.20.